The van der Waals surface area contributed by atoms with E-state index in [-0.39, 0.29) is 12.1 Å². The van der Waals surface area contributed by atoms with Crippen molar-refractivity contribution in [2.75, 3.05) is 13.7 Å². The SMILES string of the molecule is COCCc1ccc(C(N)C2C(C)OC(C)C2C)cc1. The van der Waals surface area contributed by atoms with Crippen LogP contribution in [-0.4, -0.2) is 25.9 Å². The zero-order chi connectivity index (χ0) is 14.7. The van der Waals surface area contributed by atoms with E-state index in [1.165, 1.54) is 11.1 Å². The Hall–Kier alpha value is -0.900. The first kappa shape index (κ1) is 15.5. The van der Waals surface area contributed by atoms with E-state index in [4.69, 9.17) is 15.2 Å². The second-order valence-electron chi connectivity index (χ2n) is 5.99. The smallest absolute Gasteiger partial charge is 0.0600 e. The maximum Gasteiger partial charge on any atom is 0.0600 e. The van der Waals surface area contributed by atoms with Crippen molar-refractivity contribution in [2.45, 2.75) is 45.4 Å². The summed E-state index contributed by atoms with van der Waals surface area (Å²) >= 11 is 0. The lowest BCUT2D eigenvalue weighted by atomic mass is 9.81. The Morgan fingerprint density at radius 3 is 2.30 bits per heavy atom. The average molecular weight is 277 g/mol. The van der Waals surface area contributed by atoms with Gasteiger partial charge in [0.2, 0.25) is 0 Å². The molecule has 3 nitrogen and oxygen atoms in total. The number of nitrogens with two attached hydrogens (primary N) is 1. The van der Waals surface area contributed by atoms with Gasteiger partial charge in [-0.25, -0.2) is 0 Å². The summed E-state index contributed by atoms with van der Waals surface area (Å²) in [6, 6.07) is 8.66. The third-order valence-corrected chi connectivity index (χ3v) is 4.69. The van der Waals surface area contributed by atoms with Gasteiger partial charge in [0, 0.05) is 19.1 Å². The van der Waals surface area contributed by atoms with Crippen LogP contribution in [0.2, 0.25) is 0 Å². The number of methoxy groups -OCH3 is 1. The number of ether oxygens (including phenoxy) is 2. The molecular formula is C17H27NO2. The van der Waals surface area contributed by atoms with Gasteiger partial charge in [-0.3, -0.25) is 0 Å². The Bertz CT molecular complexity index is 418. The van der Waals surface area contributed by atoms with E-state index >= 15 is 0 Å². The standard InChI is InChI=1S/C17H27NO2/c1-11-12(2)20-13(3)16(11)17(18)15-7-5-14(6-8-15)9-10-19-4/h5-8,11-13,16-17H,9-10,18H2,1-4H3. The van der Waals surface area contributed by atoms with Crippen molar-refractivity contribution >= 4 is 0 Å². The summed E-state index contributed by atoms with van der Waals surface area (Å²) < 4.78 is 11.0. The molecule has 0 saturated carbocycles. The van der Waals surface area contributed by atoms with Crippen molar-refractivity contribution in [3.63, 3.8) is 0 Å². The molecule has 0 radical (unpaired) electrons. The molecule has 1 aromatic carbocycles. The van der Waals surface area contributed by atoms with Gasteiger partial charge in [0.15, 0.2) is 0 Å². The molecule has 3 heteroatoms. The molecule has 20 heavy (non-hydrogen) atoms. The van der Waals surface area contributed by atoms with Crippen LogP contribution in [0.15, 0.2) is 24.3 Å². The van der Waals surface area contributed by atoms with E-state index in [1.54, 1.807) is 7.11 Å². The predicted octanol–water partition coefficient (Wildman–Crippen LogP) is 2.93. The van der Waals surface area contributed by atoms with Gasteiger partial charge in [-0.15, -0.1) is 0 Å². The predicted molar refractivity (Wildman–Crippen MR) is 81.6 cm³/mol. The largest absolute Gasteiger partial charge is 0.384 e. The molecule has 0 aromatic heterocycles. The van der Waals surface area contributed by atoms with Crippen LogP contribution in [0.5, 0.6) is 0 Å². The summed E-state index contributed by atoms with van der Waals surface area (Å²) in [4.78, 5) is 0. The van der Waals surface area contributed by atoms with Gasteiger partial charge in [0.05, 0.1) is 18.8 Å². The van der Waals surface area contributed by atoms with Gasteiger partial charge in [-0.2, -0.15) is 0 Å². The van der Waals surface area contributed by atoms with E-state index < -0.39 is 0 Å². The molecule has 2 rings (SSSR count). The molecular weight excluding hydrogens is 250 g/mol. The van der Waals surface area contributed by atoms with Crippen molar-refractivity contribution in [3.8, 4) is 0 Å². The molecule has 1 heterocycles. The Balaban J connectivity index is 2.07. The van der Waals surface area contributed by atoms with Crippen LogP contribution in [0.3, 0.4) is 0 Å². The molecule has 5 atom stereocenters. The summed E-state index contributed by atoms with van der Waals surface area (Å²) in [7, 11) is 1.73. The quantitative estimate of drug-likeness (QED) is 0.900. The summed E-state index contributed by atoms with van der Waals surface area (Å²) in [6.45, 7) is 7.28. The van der Waals surface area contributed by atoms with Crippen molar-refractivity contribution in [3.05, 3.63) is 35.4 Å². The fourth-order valence-electron chi connectivity index (χ4n) is 3.26. The van der Waals surface area contributed by atoms with Crippen LogP contribution in [0, 0.1) is 11.8 Å². The van der Waals surface area contributed by atoms with Crippen molar-refractivity contribution in [2.24, 2.45) is 17.6 Å². The molecule has 0 aliphatic carbocycles. The van der Waals surface area contributed by atoms with E-state index in [2.05, 4.69) is 45.0 Å². The lowest BCUT2D eigenvalue weighted by Gasteiger charge is -2.26. The molecule has 1 aliphatic heterocycles. The third kappa shape index (κ3) is 3.22. The average Bonchev–Trinajstić information content (AvgIpc) is 2.70. The summed E-state index contributed by atoms with van der Waals surface area (Å²) in [6.07, 6.45) is 1.47. The van der Waals surface area contributed by atoms with E-state index in [1.807, 2.05) is 0 Å². The highest BCUT2D eigenvalue weighted by Gasteiger charge is 2.40. The number of hydrogen-bond donors (Lipinski definition) is 1. The van der Waals surface area contributed by atoms with Gasteiger partial charge >= 0.3 is 0 Å². The topological polar surface area (TPSA) is 44.5 Å². The van der Waals surface area contributed by atoms with E-state index in [9.17, 15) is 0 Å². The van der Waals surface area contributed by atoms with Gasteiger partial charge < -0.3 is 15.2 Å². The summed E-state index contributed by atoms with van der Waals surface area (Å²) in [5.41, 5.74) is 8.98. The van der Waals surface area contributed by atoms with Crippen LogP contribution in [0.25, 0.3) is 0 Å². The van der Waals surface area contributed by atoms with Crippen LogP contribution in [0.1, 0.15) is 37.9 Å². The summed E-state index contributed by atoms with van der Waals surface area (Å²) in [5, 5.41) is 0. The molecule has 1 fully saturated rings. The van der Waals surface area contributed by atoms with Crippen LogP contribution < -0.4 is 5.73 Å². The molecule has 5 unspecified atom stereocenters. The highest BCUT2D eigenvalue weighted by atomic mass is 16.5. The zero-order valence-corrected chi connectivity index (χ0v) is 13.0. The molecule has 1 aliphatic rings. The minimum atomic E-state index is 0.0430. The molecule has 112 valence electrons. The highest BCUT2D eigenvalue weighted by Crippen LogP contribution is 2.39. The zero-order valence-electron chi connectivity index (χ0n) is 13.0. The maximum absolute atomic E-state index is 6.49. The third-order valence-electron chi connectivity index (χ3n) is 4.69. The van der Waals surface area contributed by atoms with E-state index in [0.29, 0.717) is 17.9 Å². The van der Waals surface area contributed by atoms with Crippen LogP contribution in [0.4, 0.5) is 0 Å². The van der Waals surface area contributed by atoms with E-state index in [0.717, 1.165) is 13.0 Å². The normalized spacial score (nSPS) is 31.4. The minimum absolute atomic E-state index is 0.0430. The number of rotatable bonds is 5. The van der Waals surface area contributed by atoms with Crippen molar-refractivity contribution in [1.29, 1.82) is 0 Å². The Morgan fingerprint density at radius 1 is 1.15 bits per heavy atom. The fourth-order valence-corrected chi connectivity index (χ4v) is 3.26. The second kappa shape index (κ2) is 6.70. The van der Waals surface area contributed by atoms with Crippen molar-refractivity contribution < 1.29 is 9.47 Å². The van der Waals surface area contributed by atoms with Gasteiger partial charge in [0.1, 0.15) is 0 Å². The van der Waals surface area contributed by atoms with Gasteiger partial charge in [-0.05, 0) is 37.3 Å². The van der Waals surface area contributed by atoms with Gasteiger partial charge in [0.25, 0.3) is 0 Å². The molecule has 0 bridgehead atoms. The summed E-state index contributed by atoms with van der Waals surface area (Å²) in [5.74, 6) is 0.878. The maximum atomic E-state index is 6.49. The monoisotopic (exact) mass is 277 g/mol. The first-order chi connectivity index (χ1) is 9.54. The molecule has 0 amide bonds. The second-order valence-corrected chi connectivity index (χ2v) is 5.99. The molecule has 2 N–H and O–H groups in total. The van der Waals surface area contributed by atoms with Gasteiger partial charge in [-0.1, -0.05) is 31.2 Å². The Kier molecular flexibility index (Phi) is 5.19. The molecule has 1 aromatic rings. The Morgan fingerprint density at radius 2 is 1.80 bits per heavy atom. The highest BCUT2D eigenvalue weighted by molar-refractivity contribution is 5.26. The lowest BCUT2D eigenvalue weighted by Crippen LogP contribution is -2.30. The van der Waals surface area contributed by atoms with Crippen molar-refractivity contribution in [1.82, 2.24) is 0 Å². The first-order valence-corrected chi connectivity index (χ1v) is 7.53. The van der Waals surface area contributed by atoms with Crippen LogP contribution in [-0.2, 0) is 15.9 Å². The molecule has 0 spiro atoms. The Labute approximate surface area is 122 Å². The van der Waals surface area contributed by atoms with Crippen LogP contribution >= 0.6 is 0 Å². The lowest BCUT2D eigenvalue weighted by molar-refractivity contribution is 0.0489. The number of benzene rings is 1. The first-order valence-electron chi connectivity index (χ1n) is 7.53. The minimum Gasteiger partial charge on any atom is -0.384 e. The molecule has 1 saturated heterocycles. The fraction of sp³-hybridized carbons (Fsp3) is 0.647. The number of hydrogen-bond acceptors (Lipinski definition) is 3.